The van der Waals surface area contributed by atoms with Gasteiger partial charge in [-0.25, -0.2) is 0 Å². The van der Waals surface area contributed by atoms with Gasteiger partial charge in [0.05, 0.1) is 7.11 Å². The summed E-state index contributed by atoms with van der Waals surface area (Å²) in [5, 5.41) is 3.72. The summed E-state index contributed by atoms with van der Waals surface area (Å²) in [4.78, 5) is 0. The second-order valence-electron chi connectivity index (χ2n) is 6.08. The van der Waals surface area contributed by atoms with Gasteiger partial charge in [-0.15, -0.1) is 0 Å². The van der Waals surface area contributed by atoms with Crippen LogP contribution in [0.5, 0.6) is 5.75 Å². The number of methoxy groups -OCH3 is 1. The molecule has 0 heterocycles. The van der Waals surface area contributed by atoms with E-state index >= 15 is 0 Å². The molecule has 1 aromatic rings. The van der Waals surface area contributed by atoms with Crippen LogP contribution < -0.4 is 10.1 Å². The van der Waals surface area contributed by atoms with Gasteiger partial charge < -0.3 is 10.1 Å². The van der Waals surface area contributed by atoms with Crippen LogP contribution in [0.15, 0.2) is 18.2 Å². The van der Waals surface area contributed by atoms with Crippen molar-refractivity contribution in [1.29, 1.82) is 0 Å². The van der Waals surface area contributed by atoms with Crippen LogP contribution in [0.25, 0.3) is 0 Å². The molecule has 1 N–H and O–H groups in total. The SMILES string of the molecule is CCNC(Cc1cc(C)ccc1OC)C1CCCCC1. The van der Waals surface area contributed by atoms with Crippen molar-refractivity contribution in [3.8, 4) is 5.75 Å². The van der Waals surface area contributed by atoms with Crippen LogP contribution in [0, 0.1) is 12.8 Å². The summed E-state index contributed by atoms with van der Waals surface area (Å²) in [6, 6.07) is 7.11. The number of benzene rings is 1. The highest BCUT2D eigenvalue weighted by atomic mass is 16.5. The van der Waals surface area contributed by atoms with Gasteiger partial charge in [0.1, 0.15) is 5.75 Å². The first-order valence-electron chi connectivity index (χ1n) is 8.11. The molecule has 1 unspecified atom stereocenters. The summed E-state index contributed by atoms with van der Waals surface area (Å²) in [6.45, 7) is 5.42. The van der Waals surface area contributed by atoms with Gasteiger partial charge in [-0.05, 0) is 50.3 Å². The van der Waals surface area contributed by atoms with E-state index in [0.29, 0.717) is 6.04 Å². The van der Waals surface area contributed by atoms with E-state index in [1.165, 1.54) is 43.2 Å². The maximum atomic E-state index is 5.54. The van der Waals surface area contributed by atoms with E-state index in [-0.39, 0.29) is 0 Å². The van der Waals surface area contributed by atoms with Crippen molar-refractivity contribution in [2.45, 2.75) is 58.4 Å². The number of ether oxygens (including phenoxy) is 1. The Morgan fingerprint density at radius 3 is 2.65 bits per heavy atom. The first-order chi connectivity index (χ1) is 9.74. The summed E-state index contributed by atoms with van der Waals surface area (Å²) < 4.78 is 5.54. The first-order valence-corrected chi connectivity index (χ1v) is 8.11. The van der Waals surface area contributed by atoms with Crippen LogP contribution in [0.3, 0.4) is 0 Å². The molecular weight excluding hydrogens is 246 g/mol. The molecule has 2 heteroatoms. The van der Waals surface area contributed by atoms with E-state index in [9.17, 15) is 0 Å². The maximum absolute atomic E-state index is 5.54. The molecule has 0 aromatic heterocycles. The first kappa shape index (κ1) is 15.4. The number of hydrogen-bond acceptors (Lipinski definition) is 2. The van der Waals surface area contributed by atoms with E-state index in [4.69, 9.17) is 4.74 Å². The van der Waals surface area contributed by atoms with Crippen LogP contribution in [0.2, 0.25) is 0 Å². The predicted octanol–water partition coefficient (Wildman–Crippen LogP) is 4.10. The molecule has 2 nitrogen and oxygen atoms in total. The van der Waals surface area contributed by atoms with Crippen LogP contribution in [-0.4, -0.2) is 19.7 Å². The van der Waals surface area contributed by atoms with E-state index in [1.807, 2.05) is 0 Å². The summed E-state index contributed by atoms with van der Waals surface area (Å²) in [5.74, 6) is 1.86. The monoisotopic (exact) mass is 275 g/mol. The molecular formula is C18H29NO. The van der Waals surface area contributed by atoms with Gasteiger partial charge in [0, 0.05) is 6.04 Å². The molecule has 0 spiro atoms. The second-order valence-corrected chi connectivity index (χ2v) is 6.08. The van der Waals surface area contributed by atoms with Crippen LogP contribution in [0.1, 0.15) is 50.2 Å². The number of nitrogens with one attached hydrogen (secondary N) is 1. The van der Waals surface area contributed by atoms with Gasteiger partial charge in [0.2, 0.25) is 0 Å². The minimum atomic E-state index is 0.594. The van der Waals surface area contributed by atoms with Crippen molar-refractivity contribution in [2.24, 2.45) is 5.92 Å². The molecule has 0 amide bonds. The minimum absolute atomic E-state index is 0.594. The standard InChI is InChI=1S/C18H29NO/c1-4-19-17(15-8-6-5-7-9-15)13-16-12-14(2)10-11-18(16)20-3/h10-12,15,17,19H,4-9,13H2,1-3H3. The zero-order chi connectivity index (χ0) is 14.4. The summed E-state index contributed by atoms with van der Waals surface area (Å²) in [6.07, 6.45) is 8.07. The van der Waals surface area contributed by atoms with Gasteiger partial charge in [-0.1, -0.05) is 43.9 Å². The zero-order valence-corrected chi connectivity index (χ0v) is 13.2. The molecule has 0 saturated heterocycles. The van der Waals surface area contributed by atoms with Gasteiger partial charge in [-0.3, -0.25) is 0 Å². The Hall–Kier alpha value is -1.02. The maximum Gasteiger partial charge on any atom is 0.122 e. The molecule has 0 radical (unpaired) electrons. The minimum Gasteiger partial charge on any atom is -0.496 e. The van der Waals surface area contributed by atoms with Gasteiger partial charge in [0.25, 0.3) is 0 Å². The van der Waals surface area contributed by atoms with Crippen LogP contribution >= 0.6 is 0 Å². The third-order valence-electron chi connectivity index (χ3n) is 4.56. The summed E-state index contributed by atoms with van der Waals surface area (Å²) >= 11 is 0. The Morgan fingerprint density at radius 1 is 1.25 bits per heavy atom. The highest BCUT2D eigenvalue weighted by Gasteiger charge is 2.24. The van der Waals surface area contributed by atoms with Gasteiger partial charge in [-0.2, -0.15) is 0 Å². The van der Waals surface area contributed by atoms with Crippen molar-refractivity contribution < 1.29 is 4.74 Å². The third-order valence-corrected chi connectivity index (χ3v) is 4.56. The smallest absolute Gasteiger partial charge is 0.122 e. The van der Waals surface area contributed by atoms with Crippen LogP contribution in [0.4, 0.5) is 0 Å². The average molecular weight is 275 g/mol. The average Bonchev–Trinajstić information content (AvgIpc) is 2.48. The normalized spacial score (nSPS) is 17.9. The number of rotatable bonds is 6. The number of aryl methyl sites for hydroxylation is 1. The lowest BCUT2D eigenvalue weighted by Crippen LogP contribution is -2.39. The highest BCUT2D eigenvalue weighted by molar-refractivity contribution is 5.37. The molecule has 1 aliphatic rings. The molecule has 20 heavy (non-hydrogen) atoms. The molecule has 0 bridgehead atoms. The van der Waals surface area contributed by atoms with E-state index in [2.05, 4.69) is 37.4 Å². The van der Waals surface area contributed by atoms with E-state index in [1.54, 1.807) is 7.11 Å². The lowest BCUT2D eigenvalue weighted by Gasteiger charge is -2.31. The Kier molecular flexibility index (Phi) is 5.90. The van der Waals surface area contributed by atoms with Crippen molar-refractivity contribution in [2.75, 3.05) is 13.7 Å². The van der Waals surface area contributed by atoms with Crippen molar-refractivity contribution in [1.82, 2.24) is 5.32 Å². The Morgan fingerprint density at radius 2 is 2.00 bits per heavy atom. The molecule has 1 atom stereocenters. The lowest BCUT2D eigenvalue weighted by molar-refractivity contribution is 0.268. The molecule has 112 valence electrons. The largest absolute Gasteiger partial charge is 0.496 e. The fourth-order valence-corrected chi connectivity index (χ4v) is 3.51. The fraction of sp³-hybridized carbons (Fsp3) is 0.667. The quantitative estimate of drug-likeness (QED) is 0.844. The van der Waals surface area contributed by atoms with E-state index < -0.39 is 0 Å². The number of hydrogen-bond donors (Lipinski definition) is 1. The molecule has 0 aliphatic heterocycles. The lowest BCUT2D eigenvalue weighted by atomic mass is 9.81. The Bertz CT molecular complexity index is 410. The van der Waals surface area contributed by atoms with Gasteiger partial charge >= 0.3 is 0 Å². The molecule has 1 saturated carbocycles. The molecule has 2 rings (SSSR count). The highest BCUT2D eigenvalue weighted by Crippen LogP contribution is 2.30. The molecule has 1 aliphatic carbocycles. The predicted molar refractivity (Wildman–Crippen MR) is 85.5 cm³/mol. The van der Waals surface area contributed by atoms with Crippen molar-refractivity contribution in [3.05, 3.63) is 29.3 Å². The van der Waals surface area contributed by atoms with Crippen molar-refractivity contribution in [3.63, 3.8) is 0 Å². The zero-order valence-electron chi connectivity index (χ0n) is 13.2. The second kappa shape index (κ2) is 7.68. The van der Waals surface area contributed by atoms with Gasteiger partial charge in [0.15, 0.2) is 0 Å². The number of likely N-dealkylation sites (N-methyl/N-ethyl adjacent to an activating group) is 1. The molecule has 1 aromatic carbocycles. The summed E-state index contributed by atoms with van der Waals surface area (Å²) in [7, 11) is 1.77. The third kappa shape index (κ3) is 3.99. The topological polar surface area (TPSA) is 21.3 Å². The van der Waals surface area contributed by atoms with Crippen LogP contribution in [-0.2, 0) is 6.42 Å². The Balaban J connectivity index is 2.12. The Labute approximate surface area is 123 Å². The summed E-state index contributed by atoms with van der Waals surface area (Å²) in [5.41, 5.74) is 2.67. The fourth-order valence-electron chi connectivity index (χ4n) is 3.51. The van der Waals surface area contributed by atoms with E-state index in [0.717, 1.165) is 24.6 Å². The molecule has 1 fully saturated rings. The van der Waals surface area contributed by atoms with Crippen molar-refractivity contribution >= 4 is 0 Å².